The summed E-state index contributed by atoms with van der Waals surface area (Å²) in [5.41, 5.74) is 0. The van der Waals surface area contributed by atoms with Crippen LogP contribution in [0.2, 0.25) is 6.04 Å². The van der Waals surface area contributed by atoms with E-state index in [2.05, 4.69) is 6.92 Å². The second-order valence-electron chi connectivity index (χ2n) is 3.67. The normalized spacial score (nSPS) is 12.6. The number of methoxy groups -OCH3 is 1. The fourth-order valence-electron chi connectivity index (χ4n) is 1.62. The Morgan fingerprint density at radius 2 is 2.00 bits per heavy atom. The quantitative estimate of drug-likeness (QED) is 0.578. The van der Waals surface area contributed by atoms with Gasteiger partial charge in [-0.25, -0.2) is 0 Å². The maximum Gasteiger partial charge on any atom is 0.211 e. The van der Waals surface area contributed by atoms with E-state index in [0.29, 0.717) is 12.4 Å². The summed E-state index contributed by atoms with van der Waals surface area (Å²) in [6.45, 7) is 3.55. The van der Waals surface area contributed by atoms with Gasteiger partial charge in [-0.2, -0.15) is 0 Å². The van der Waals surface area contributed by atoms with Crippen LogP contribution < -0.4 is 5.19 Å². The van der Waals surface area contributed by atoms with Crippen LogP contribution in [-0.4, -0.2) is 34.5 Å². The SMILES string of the molecule is CC[SiH](OCCCOC)c1ccccc1O. The van der Waals surface area contributed by atoms with Crippen molar-refractivity contribution in [2.75, 3.05) is 20.3 Å². The Morgan fingerprint density at radius 1 is 1.25 bits per heavy atom. The molecule has 0 fully saturated rings. The highest BCUT2D eigenvalue weighted by molar-refractivity contribution is 6.68. The number of ether oxygens (including phenoxy) is 1. The molecular weight excluding hydrogens is 220 g/mol. The zero-order chi connectivity index (χ0) is 11.8. The molecule has 0 saturated heterocycles. The lowest BCUT2D eigenvalue weighted by molar-refractivity contribution is 0.172. The third-order valence-electron chi connectivity index (χ3n) is 2.47. The summed E-state index contributed by atoms with van der Waals surface area (Å²) in [6, 6.07) is 8.47. The van der Waals surface area contributed by atoms with E-state index in [0.717, 1.165) is 24.3 Å². The Hall–Kier alpha value is -0.843. The van der Waals surface area contributed by atoms with E-state index < -0.39 is 9.04 Å². The second kappa shape index (κ2) is 7.43. The van der Waals surface area contributed by atoms with Crippen molar-refractivity contribution in [3.8, 4) is 5.75 Å². The van der Waals surface area contributed by atoms with E-state index in [4.69, 9.17) is 9.16 Å². The third kappa shape index (κ3) is 3.96. The first-order valence-corrected chi connectivity index (χ1v) is 7.54. The first-order chi connectivity index (χ1) is 7.79. The number of para-hydroxylation sites is 1. The molecule has 1 rings (SSSR count). The molecule has 4 heteroatoms. The van der Waals surface area contributed by atoms with Crippen molar-refractivity contribution in [1.82, 2.24) is 0 Å². The van der Waals surface area contributed by atoms with Gasteiger partial charge in [-0.05, 0) is 18.5 Å². The zero-order valence-electron chi connectivity index (χ0n) is 9.98. The maximum atomic E-state index is 9.74. The summed E-state index contributed by atoms with van der Waals surface area (Å²) >= 11 is 0. The number of phenols is 1. The van der Waals surface area contributed by atoms with Gasteiger partial charge in [0.15, 0.2) is 0 Å². The van der Waals surface area contributed by atoms with E-state index in [9.17, 15) is 5.11 Å². The Kier molecular flexibility index (Phi) is 6.14. The topological polar surface area (TPSA) is 38.7 Å². The highest BCUT2D eigenvalue weighted by Gasteiger charge is 2.15. The first-order valence-electron chi connectivity index (χ1n) is 5.68. The van der Waals surface area contributed by atoms with Crippen LogP contribution in [0.4, 0.5) is 0 Å². The largest absolute Gasteiger partial charge is 0.508 e. The van der Waals surface area contributed by atoms with Crippen LogP contribution in [-0.2, 0) is 9.16 Å². The molecule has 0 aliphatic heterocycles. The second-order valence-corrected chi connectivity index (χ2v) is 6.42. The van der Waals surface area contributed by atoms with E-state index in [-0.39, 0.29) is 0 Å². The zero-order valence-corrected chi connectivity index (χ0v) is 11.1. The minimum absolute atomic E-state index is 0.368. The maximum absolute atomic E-state index is 9.74. The summed E-state index contributed by atoms with van der Waals surface area (Å²) in [5, 5.41) is 10.7. The van der Waals surface area contributed by atoms with Gasteiger partial charge in [0.05, 0.1) is 0 Å². The van der Waals surface area contributed by atoms with E-state index in [1.165, 1.54) is 0 Å². The standard InChI is InChI=1S/C12H20O3Si/c1-3-16(15-10-6-9-14-2)12-8-5-4-7-11(12)13/h4-5,7-8,13,16H,3,6,9-10H2,1-2H3. The summed E-state index contributed by atoms with van der Waals surface area (Å²) in [6.07, 6.45) is 0.910. The fraction of sp³-hybridized carbons (Fsp3) is 0.500. The summed E-state index contributed by atoms with van der Waals surface area (Å²) in [5.74, 6) is 0.368. The van der Waals surface area contributed by atoms with Crippen molar-refractivity contribution in [1.29, 1.82) is 0 Å². The molecule has 1 unspecified atom stereocenters. The smallest absolute Gasteiger partial charge is 0.211 e. The number of rotatable bonds is 7. The van der Waals surface area contributed by atoms with Crippen LogP contribution in [0.25, 0.3) is 0 Å². The molecule has 1 aromatic carbocycles. The highest BCUT2D eigenvalue weighted by Crippen LogP contribution is 2.08. The molecule has 16 heavy (non-hydrogen) atoms. The van der Waals surface area contributed by atoms with E-state index >= 15 is 0 Å². The van der Waals surface area contributed by atoms with Crippen molar-refractivity contribution < 1.29 is 14.3 Å². The molecule has 1 aromatic rings. The number of benzene rings is 1. The number of aromatic hydroxyl groups is 1. The molecule has 1 N–H and O–H groups in total. The lowest BCUT2D eigenvalue weighted by Gasteiger charge is -2.15. The van der Waals surface area contributed by atoms with E-state index in [1.54, 1.807) is 13.2 Å². The van der Waals surface area contributed by atoms with Crippen molar-refractivity contribution >= 4 is 14.2 Å². The average Bonchev–Trinajstić information content (AvgIpc) is 2.31. The van der Waals surface area contributed by atoms with Gasteiger partial charge >= 0.3 is 0 Å². The van der Waals surface area contributed by atoms with Crippen LogP contribution in [0.3, 0.4) is 0 Å². The number of hydrogen-bond acceptors (Lipinski definition) is 3. The Morgan fingerprint density at radius 3 is 2.62 bits per heavy atom. The van der Waals surface area contributed by atoms with Crippen LogP contribution in [0, 0.1) is 0 Å². The minimum atomic E-state index is -1.46. The number of hydrogen-bond donors (Lipinski definition) is 1. The monoisotopic (exact) mass is 240 g/mol. The van der Waals surface area contributed by atoms with Crippen molar-refractivity contribution in [2.24, 2.45) is 0 Å². The highest BCUT2D eigenvalue weighted by atomic mass is 28.3. The minimum Gasteiger partial charge on any atom is -0.508 e. The Bertz CT molecular complexity index is 304. The van der Waals surface area contributed by atoms with Crippen molar-refractivity contribution in [3.63, 3.8) is 0 Å². The van der Waals surface area contributed by atoms with Crippen LogP contribution in [0.1, 0.15) is 13.3 Å². The molecule has 0 saturated carbocycles. The fourth-order valence-corrected chi connectivity index (χ4v) is 3.67. The lowest BCUT2D eigenvalue weighted by atomic mass is 10.3. The molecule has 0 aliphatic rings. The molecule has 1 atom stereocenters. The van der Waals surface area contributed by atoms with Gasteiger partial charge in [0, 0.05) is 25.5 Å². The summed E-state index contributed by atoms with van der Waals surface area (Å²) in [4.78, 5) is 0. The van der Waals surface area contributed by atoms with Gasteiger partial charge < -0.3 is 14.3 Å². The van der Waals surface area contributed by atoms with Crippen LogP contribution in [0.15, 0.2) is 24.3 Å². The average molecular weight is 240 g/mol. The van der Waals surface area contributed by atoms with Crippen molar-refractivity contribution in [3.05, 3.63) is 24.3 Å². The van der Waals surface area contributed by atoms with Gasteiger partial charge in [-0.15, -0.1) is 0 Å². The molecule has 0 bridgehead atoms. The summed E-state index contributed by atoms with van der Waals surface area (Å²) < 4.78 is 10.8. The van der Waals surface area contributed by atoms with Crippen molar-refractivity contribution in [2.45, 2.75) is 19.4 Å². The molecule has 0 radical (unpaired) electrons. The molecule has 0 amide bonds. The predicted octanol–water partition coefficient (Wildman–Crippen LogP) is 1.40. The van der Waals surface area contributed by atoms with Crippen LogP contribution in [0.5, 0.6) is 5.75 Å². The molecule has 0 spiro atoms. The van der Waals surface area contributed by atoms with Gasteiger partial charge in [0.2, 0.25) is 9.04 Å². The van der Waals surface area contributed by atoms with Gasteiger partial charge in [-0.1, -0.05) is 25.1 Å². The number of phenolic OH excluding ortho intramolecular Hbond substituents is 1. The Balaban J connectivity index is 2.51. The third-order valence-corrected chi connectivity index (χ3v) is 5.03. The lowest BCUT2D eigenvalue weighted by Crippen LogP contribution is -2.33. The molecule has 0 heterocycles. The Labute approximate surface area is 98.7 Å². The first kappa shape index (κ1) is 13.2. The van der Waals surface area contributed by atoms with Gasteiger partial charge in [0.1, 0.15) is 5.75 Å². The predicted molar refractivity (Wildman–Crippen MR) is 67.8 cm³/mol. The van der Waals surface area contributed by atoms with Gasteiger partial charge in [-0.3, -0.25) is 0 Å². The molecule has 0 aliphatic carbocycles. The summed E-state index contributed by atoms with van der Waals surface area (Å²) in [7, 11) is 0.233. The van der Waals surface area contributed by atoms with E-state index in [1.807, 2.05) is 18.2 Å². The molecular formula is C12H20O3Si. The molecule has 0 aromatic heterocycles. The van der Waals surface area contributed by atoms with Crippen LogP contribution >= 0.6 is 0 Å². The molecule has 3 nitrogen and oxygen atoms in total. The van der Waals surface area contributed by atoms with Gasteiger partial charge in [0.25, 0.3) is 0 Å². The molecule has 90 valence electrons.